The summed E-state index contributed by atoms with van der Waals surface area (Å²) in [6.45, 7) is 5.56. The topological polar surface area (TPSA) is 56.1 Å². The summed E-state index contributed by atoms with van der Waals surface area (Å²) in [5.41, 5.74) is 3.14. The maximum Gasteiger partial charge on any atom is 0.286 e. The minimum atomic E-state index is -0.237. The third-order valence-corrected chi connectivity index (χ3v) is 5.79. The van der Waals surface area contributed by atoms with E-state index in [2.05, 4.69) is 46.0 Å². The SMILES string of the molecule is Cc1cccc(N2CCN(C3=NC(=O)/C(=C\c4ccccc4O)S3)CC2)c1. The number of benzene rings is 2. The summed E-state index contributed by atoms with van der Waals surface area (Å²) in [4.78, 5) is 21.6. The van der Waals surface area contributed by atoms with Crippen LogP contribution in [0.5, 0.6) is 5.75 Å². The van der Waals surface area contributed by atoms with Crippen LogP contribution >= 0.6 is 11.8 Å². The van der Waals surface area contributed by atoms with Crippen molar-refractivity contribution in [2.24, 2.45) is 4.99 Å². The van der Waals surface area contributed by atoms with E-state index in [0.717, 1.165) is 31.3 Å². The monoisotopic (exact) mass is 379 g/mol. The molecule has 6 heteroatoms. The van der Waals surface area contributed by atoms with Gasteiger partial charge < -0.3 is 14.9 Å². The third-order valence-electron chi connectivity index (χ3n) is 4.75. The van der Waals surface area contributed by atoms with Crippen molar-refractivity contribution in [3.63, 3.8) is 0 Å². The zero-order chi connectivity index (χ0) is 18.8. The average molecular weight is 379 g/mol. The molecule has 1 saturated heterocycles. The molecule has 2 aromatic carbocycles. The number of aryl methyl sites for hydroxylation is 1. The number of aliphatic imine (C=N–C) groups is 1. The third kappa shape index (κ3) is 3.85. The zero-order valence-electron chi connectivity index (χ0n) is 15.1. The van der Waals surface area contributed by atoms with Crippen LogP contribution in [0.2, 0.25) is 0 Å². The first kappa shape index (κ1) is 17.7. The molecule has 27 heavy (non-hydrogen) atoms. The molecule has 0 aliphatic carbocycles. The van der Waals surface area contributed by atoms with Gasteiger partial charge in [-0.2, -0.15) is 4.99 Å². The van der Waals surface area contributed by atoms with Crippen molar-refractivity contribution in [3.05, 3.63) is 64.6 Å². The van der Waals surface area contributed by atoms with Crippen LogP contribution in [0.15, 0.2) is 58.4 Å². The number of carbonyl (C=O) groups excluding carboxylic acids is 1. The summed E-state index contributed by atoms with van der Waals surface area (Å²) in [5, 5.41) is 10.7. The van der Waals surface area contributed by atoms with Crippen LogP contribution in [-0.4, -0.2) is 47.3 Å². The number of hydrogen-bond donors (Lipinski definition) is 1. The van der Waals surface area contributed by atoms with Crippen LogP contribution in [0.3, 0.4) is 0 Å². The van der Waals surface area contributed by atoms with Crippen LogP contribution in [0.1, 0.15) is 11.1 Å². The van der Waals surface area contributed by atoms with Crippen molar-refractivity contribution in [2.45, 2.75) is 6.92 Å². The number of rotatable bonds is 2. The van der Waals surface area contributed by atoms with Gasteiger partial charge in [0.05, 0.1) is 4.91 Å². The van der Waals surface area contributed by atoms with Crippen LogP contribution in [0, 0.1) is 6.92 Å². The largest absolute Gasteiger partial charge is 0.507 e. The van der Waals surface area contributed by atoms with Gasteiger partial charge in [0, 0.05) is 37.4 Å². The van der Waals surface area contributed by atoms with E-state index in [1.165, 1.54) is 23.0 Å². The molecule has 0 radical (unpaired) electrons. The Morgan fingerprint density at radius 2 is 1.78 bits per heavy atom. The summed E-state index contributed by atoms with van der Waals surface area (Å²) in [5.74, 6) is -0.0713. The lowest BCUT2D eigenvalue weighted by atomic mass is 10.2. The highest BCUT2D eigenvalue weighted by molar-refractivity contribution is 8.18. The molecular formula is C21H21N3O2S. The highest BCUT2D eigenvalue weighted by Gasteiger charge is 2.28. The van der Waals surface area contributed by atoms with Gasteiger partial charge in [-0.1, -0.05) is 30.3 Å². The molecule has 0 saturated carbocycles. The van der Waals surface area contributed by atoms with Crippen molar-refractivity contribution in [1.29, 1.82) is 0 Å². The van der Waals surface area contributed by atoms with Gasteiger partial charge in [0.1, 0.15) is 5.75 Å². The summed E-state index contributed by atoms with van der Waals surface area (Å²) in [6, 6.07) is 15.5. The average Bonchev–Trinajstić information content (AvgIpc) is 3.04. The Balaban J connectivity index is 1.42. The van der Waals surface area contributed by atoms with Crippen LogP contribution in [-0.2, 0) is 4.79 Å². The lowest BCUT2D eigenvalue weighted by molar-refractivity contribution is -0.113. The number of thioether (sulfide) groups is 1. The Bertz CT molecular complexity index is 931. The second-order valence-corrected chi connectivity index (χ2v) is 7.69. The zero-order valence-corrected chi connectivity index (χ0v) is 15.9. The van der Waals surface area contributed by atoms with Gasteiger partial charge in [0.15, 0.2) is 5.17 Å². The van der Waals surface area contributed by atoms with Crippen LogP contribution < -0.4 is 4.90 Å². The van der Waals surface area contributed by atoms with E-state index >= 15 is 0 Å². The number of aromatic hydroxyl groups is 1. The molecule has 1 N–H and O–H groups in total. The summed E-state index contributed by atoms with van der Waals surface area (Å²) in [6.07, 6.45) is 1.71. The first-order chi connectivity index (χ1) is 13.1. The van der Waals surface area contributed by atoms with Crippen molar-refractivity contribution in [3.8, 4) is 5.75 Å². The molecule has 0 unspecified atom stereocenters. The smallest absolute Gasteiger partial charge is 0.286 e. The van der Waals surface area contributed by atoms with Crippen molar-refractivity contribution in [1.82, 2.24) is 4.90 Å². The molecule has 2 heterocycles. The Kier molecular flexibility index (Phi) is 4.90. The molecule has 2 aromatic rings. The number of piperazine rings is 1. The van der Waals surface area contributed by atoms with Gasteiger partial charge in [-0.3, -0.25) is 4.79 Å². The van der Waals surface area contributed by atoms with Gasteiger partial charge in [-0.25, -0.2) is 0 Å². The number of amidine groups is 1. The standard InChI is InChI=1S/C21H21N3O2S/c1-15-5-4-7-17(13-15)23-9-11-24(12-10-23)21-22-20(26)19(27-21)14-16-6-2-3-8-18(16)25/h2-8,13-14,25H,9-12H2,1H3/b19-14+. The first-order valence-corrected chi connectivity index (χ1v) is 9.79. The maximum atomic E-state index is 12.3. The number of nitrogens with zero attached hydrogens (tertiary/aromatic N) is 3. The number of anilines is 1. The van der Waals surface area contributed by atoms with Crippen molar-refractivity contribution >= 4 is 34.6 Å². The molecule has 0 bridgehead atoms. The molecule has 2 aliphatic heterocycles. The molecule has 4 rings (SSSR count). The number of hydrogen-bond acceptors (Lipinski definition) is 5. The van der Waals surface area contributed by atoms with E-state index in [9.17, 15) is 9.90 Å². The highest BCUT2D eigenvalue weighted by Crippen LogP contribution is 2.32. The first-order valence-electron chi connectivity index (χ1n) is 8.97. The van der Waals surface area contributed by atoms with Gasteiger partial charge >= 0.3 is 0 Å². The van der Waals surface area contributed by atoms with E-state index in [-0.39, 0.29) is 11.7 Å². The number of phenolic OH excluding ortho intramolecular Hbond substituents is 1. The molecule has 0 atom stereocenters. The fourth-order valence-corrected chi connectivity index (χ4v) is 4.22. The molecule has 5 nitrogen and oxygen atoms in total. The minimum absolute atomic E-state index is 0.165. The van der Waals surface area contributed by atoms with Crippen LogP contribution in [0.4, 0.5) is 5.69 Å². The predicted molar refractivity (Wildman–Crippen MR) is 111 cm³/mol. The second kappa shape index (κ2) is 7.48. The number of carbonyl (C=O) groups is 1. The van der Waals surface area contributed by atoms with Gasteiger partial charge in [-0.05, 0) is 48.5 Å². The number of phenols is 1. The molecule has 138 valence electrons. The van der Waals surface area contributed by atoms with E-state index in [4.69, 9.17) is 0 Å². The van der Waals surface area contributed by atoms with Crippen LogP contribution in [0.25, 0.3) is 6.08 Å². The lowest BCUT2D eigenvalue weighted by Gasteiger charge is -2.36. The van der Waals surface area contributed by atoms with Gasteiger partial charge in [0.2, 0.25) is 0 Å². The van der Waals surface area contributed by atoms with E-state index in [0.29, 0.717) is 10.5 Å². The van der Waals surface area contributed by atoms with E-state index in [1.807, 2.05) is 6.07 Å². The Morgan fingerprint density at radius 1 is 1.04 bits per heavy atom. The second-order valence-electron chi connectivity index (χ2n) is 6.68. The lowest BCUT2D eigenvalue weighted by Crippen LogP contribution is -2.47. The Hall–Kier alpha value is -2.73. The predicted octanol–water partition coefficient (Wildman–Crippen LogP) is 3.49. The fraction of sp³-hybridized carbons (Fsp3) is 0.238. The number of para-hydroxylation sites is 1. The van der Waals surface area contributed by atoms with E-state index in [1.54, 1.807) is 24.3 Å². The fourth-order valence-electron chi connectivity index (χ4n) is 3.26. The quantitative estimate of drug-likeness (QED) is 0.810. The van der Waals surface area contributed by atoms with Gasteiger partial charge in [-0.15, -0.1) is 0 Å². The molecule has 0 spiro atoms. The molecule has 0 aromatic heterocycles. The molecule has 1 amide bonds. The molecule has 2 aliphatic rings. The number of amides is 1. The Labute approximate surface area is 163 Å². The minimum Gasteiger partial charge on any atom is -0.507 e. The normalized spacial score (nSPS) is 18.9. The van der Waals surface area contributed by atoms with E-state index < -0.39 is 0 Å². The summed E-state index contributed by atoms with van der Waals surface area (Å²) >= 11 is 1.39. The van der Waals surface area contributed by atoms with Crippen molar-refractivity contribution in [2.75, 3.05) is 31.1 Å². The molecule has 1 fully saturated rings. The summed E-state index contributed by atoms with van der Waals surface area (Å²) in [7, 11) is 0. The van der Waals surface area contributed by atoms with Crippen molar-refractivity contribution < 1.29 is 9.90 Å². The highest BCUT2D eigenvalue weighted by atomic mass is 32.2. The summed E-state index contributed by atoms with van der Waals surface area (Å²) < 4.78 is 0. The Morgan fingerprint density at radius 3 is 2.52 bits per heavy atom. The maximum absolute atomic E-state index is 12.3. The molecular weight excluding hydrogens is 358 g/mol. The van der Waals surface area contributed by atoms with Gasteiger partial charge in [0.25, 0.3) is 5.91 Å².